The Morgan fingerprint density at radius 2 is 2.36 bits per heavy atom. The number of aryl methyl sites for hydroxylation is 1. The monoisotopic (exact) mass is 194 g/mol. The Kier molecular flexibility index (Phi) is 2.77. The fraction of sp³-hybridized carbons (Fsp3) is 0.636. The number of hydrogen-bond donors (Lipinski definition) is 1. The van der Waals surface area contributed by atoms with Gasteiger partial charge in [-0.25, -0.2) is 0 Å². The summed E-state index contributed by atoms with van der Waals surface area (Å²) in [4.78, 5) is 2.32. The van der Waals surface area contributed by atoms with E-state index in [0.29, 0.717) is 5.92 Å². The second-order valence-corrected chi connectivity index (χ2v) is 4.14. The van der Waals surface area contributed by atoms with E-state index in [4.69, 9.17) is 4.42 Å². The van der Waals surface area contributed by atoms with Crippen molar-refractivity contribution in [2.75, 3.05) is 31.1 Å². The molecule has 1 aliphatic rings. The highest BCUT2D eigenvalue weighted by atomic mass is 16.4. The van der Waals surface area contributed by atoms with Crippen LogP contribution in [0.2, 0.25) is 0 Å². The van der Waals surface area contributed by atoms with E-state index in [0.717, 1.165) is 37.8 Å². The van der Waals surface area contributed by atoms with E-state index in [1.54, 1.807) is 0 Å². The van der Waals surface area contributed by atoms with E-state index in [9.17, 15) is 0 Å². The molecule has 2 rings (SSSR count). The Bertz CT molecular complexity index is 295. The lowest BCUT2D eigenvalue weighted by atomic mass is 10.2. The van der Waals surface area contributed by atoms with Crippen LogP contribution in [0.3, 0.4) is 0 Å². The maximum absolute atomic E-state index is 5.62. The molecule has 1 fully saturated rings. The Labute approximate surface area is 85.1 Å². The van der Waals surface area contributed by atoms with Gasteiger partial charge in [-0.05, 0) is 25.5 Å². The molecule has 3 nitrogen and oxygen atoms in total. The van der Waals surface area contributed by atoms with Gasteiger partial charge in [-0.3, -0.25) is 0 Å². The zero-order valence-electron chi connectivity index (χ0n) is 8.92. The molecule has 1 aromatic heterocycles. The summed E-state index contributed by atoms with van der Waals surface area (Å²) in [6.45, 7) is 8.53. The van der Waals surface area contributed by atoms with E-state index < -0.39 is 0 Å². The van der Waals surface area contributed by atoms with Crippen LogP contribution in [-0.2, 0) is 0 Å². The van der Waals surface area contributed by atoms with Crippen LogP contribution < -0.4 is 10.2 Å². The summed E-state index contributed by atoms with van der Waals surface area (Å²) >= 11 is 0. The molecule has 0 bridgehead atoms. The summed E-state index contributed by atoms with van der Waals surface area (Å²) in [5.41, 5.74) is 0. The molecular formula is C11H18N2O. The SMILES string of the molecule is Cc1ccc(N2CCNCC(C)C2)o1. The summed E-state index contributed by atoms with van der Waals surface area (Å²) < 4.78 is 5.62. The molecule has 78 valence electrons. The van der Waals surface area contributed by atoms with Crippen molar-refractivity contribution in [3.05, 3.63) is 17.9 Å². The average Bonchev–Trinajstić information content (AvgIpc) is 2.45. The molecule has 1 saturated heterocycles. The molecule has 3 heteroatoms. The van der Waals surface area contributed by atoms with Crippen LogP contribution in [-0.4, -0.2) is 26.2 Å². The predicted molar refractivity (Wildman–Crippen MR) is 57.7 cm³/mol. The fourth-order valence-electron chi connectivity index (χ4n) is 1.89. The first-order valence-electron chi connectivity index (χ1n) is 5.28. The first-order chi connectivity index (χ1) is 6.75. The molecule has 1 unspecified atom stereocenters. The van der Waals surface area contributed by atoms with Crippen molar-refractivity contribution in [2.24, 2.45) is 5.92 Å². The van der Waals surface area contributed by atoms with Gasteiger partial charge >= 0.3 is 0 Å². The van der Waals surface area contributed by atoms with E-state index in [1.807, 2.05) is 13.0 Å². The molecule has 0 spiro atoms. The highest BCUT2D eigenvalue weighted by Crippen LogP contribution is 2.19. The van der Waals surface area contributed by atoms with Crippen LogP contribution >= 0.6 is 0 Å². The third-order valence-corrected chi connectivity index (χ3v) is 2.62. The molecule has 1 atom stereocenters. The van der Waals surface area contributed by atoms with Crippen molar-refractivity contribution in [2.45, 2.75) is 13.8 Å². The minimum Gasteiger partial charge on any atom is -0.446 e. The van der Waals surface area contributed by atoms with Gasteiger partial charge < -0.3 is 14.6 Å². The van der Waals surface area contributed by atoms with Gasteiger partial charge in [0.1, 0.15) is 5.76 Å². The third-order valence-electron chi connectivity index (χ3n) is 2.62. The predicted octanol–water partition coefficient (Wildman–Crippen LogP) is 1.63. The average molecular weight is 194 g/mol. The van der Waals surface area contributed by atoms with Crippen LogP contribution in [0.15, 0.2) is 16.5 Å². The summed E-state index contributed by atoms with van der Waals surface area (Å²) in [7, 11) is 0. The Morgan fingerprint density at radius 3 is 3.07 bits per heavy atom. The molecule has 0 amide bonds. The van der Waals surface area contributed by atoms with Crippen molar-refractivity contribution < 1.29 is 4.42 Å². The van der Waals surface area contributed by atoms with E-state index in [2.05, 4.69) is 23.2 Å². The highest BCUT2D eigenvalue weighted by Gasteiger charge is 2.16. The second-order valence-electron chi connectivity index (χ2n) is 4.14. The summed E-state index contributed by atoms with van der Waals surface area (Å²) in [6, 6.07) is 4.09. The van der Waals surface area contributed by atoms with Crippen LogP contribution in [0.5, 0.6) is 0 Å². The van der Waals surface area contributed by atoms with Crippen molar-refractivity contribution in [1.29, 1.82) is 0 Å². The largest absolute Gasteiger partial charge is 0.446 e. The molecule has 0 aliphatic carbocycles. The highest BCUT2D eigenvalue weighted by molar-refractivity contribution is 5.36. The van der Waals surface area contributed by atoms with Gasteiger partial charge in [-0.2, -0.15) is 0 Å². The van der Waals surface area contributed by atoms with Crippen molar-refractivity contribution in [1.82, 2.24) is 5.32 Å². The number of hydrogen-bond acceptors (Lipinski definition) is 3. The zero-order chi connectivity index (χ0) is 9.97. The maximum Gasteiger partial charge on any atom is 0.195 e. The number of furan rings is 1. The molecule has 14 heavy (non-hydrogen) atoms. The van der Waals surface area contributed by atoms with Crippen molar-refractivity contribution >= 4 is 5.88 Å². The summed E-state index contributed by atoms with van der Waals surface area (Å²) in [5.74, 6) is 2.69. The second kappa shape index (κ2) is 4.05. The molecule has 2 heterocycles. The molecule has 0 saturated carbocycles. The number of anilines is 1. The lowest BCUT2D eigenvalue weighted by molar-refractivity contribution is 0.502. The summed E-state index contributed by atoms with van der Waals surface area (Å²) in [5, 5.41) is 3.42. The normalized spacial score (nSPS) is 23.6. The van der Waals surface area contributed by atoms with Gasteiger partial charge in [0.05, 0.1) is 0 Å². The summed E-state index contributed by atoms with van der Waals surface area (Å²) in [6.07, 6.45) is 0. The van der Waals surface area contributed by atoms with Crippen molar-refractivity contribution in [3.8, 4) is 0 Å². The lowest BCUT2D eigenvalue weighted by Crippen LogP contribution is -2.28. The minimum absolute atomic E-state index is 0.683. The van der Waals surface area contributed by atoms with Gasteiger partial charge in [-0.15, -0.1) is 0 Å². The quantitative estimate of drug-likeness (QED) is 0.736. The van der Waals surface area contributed by atoms with Crippen LogP contribution in [0, 0.1) is 12.8 Å². The fourth-order valence-corrected chi connectivity index (χ4v) is 1.89. The first kappa shape index (κ1) is 9.59. The zero-order valence-corrected chi connectivity index (χ0v) is 8.92. The Balaban J connectivity index is 2.08. The number of rotatable bonds is 1. The first-order valence-corrected chi connectivity index (χ1v) is 5.28. The molecule has 1 N–H and O–H groups in total. The standard InChI is InChI=1S/C11H18N2O/c1-9-7-12-5-6-13(8-9)11-4-3-10(2)14-11/h3-4,9,12H,5-8H2,1-2H3. The minimum atomic E-state index is 0.683. The van der Waals surface area contributed by atoms with Crippen molar-refractivity contribution in [3.63, 3.8) is 0 Å². The Hall–Kier alpha value is -0.960. The maximum atomic E-state index is 5.62. The number of nitrogens with zero attached hydrogens (tertiary/aromatic N) is 1. The van der Waals surface area contributed by atoms with Crippen LogP contribution in [0.1, 0.15) is 12.7 Å². The van der Waals surface area contributed by atoms with E-state index >= 15 is 0 Å². The molecule has 0 aromatic carbocycles. The van der Waals surface area contributed by atoms with Crippen LogP contribution in [0.25, 0.3) is 0 Å². The van der Waals surface area contributed by atoms with Gasteiger partial charge in [0.15, 0.2) is 5.88 Å². The van der Waals surface area contributed by atoms with Gasteiger partial charge in [0, 0.05) is 25.7 Å². The van der Waals surface area contributed by atoms with Gasteiger partial charge in [-0.1, -0.05) is 6.92 Å². The van der Waals surface area contributed by atoms with Gasteiger partial charge in [0.25, 0.3) is 0 Å². The molecule has 0 radical (unpaired) electrons. The molecule has 1 aliphatic heterocycles. The Morgan fingerprint density at radius 1 is 1.50 bits per heavy atom. The van der Waals surface area contributed by atoms with Gasteiger partial charge in [0.2, 0.25) is 0 Å². The van der Waals surface area contributed by atoms with Crippen LogP contribution in [0.4, 0.5) is 5.88 Å². The van der Waals surface area contributed by atoms with E-state index in [1.165, 1.54) is 0 Å². The molecule has 1 aromatic rings. The third kappa shape index (κ3) is 2.10. The van der Waals surface area contributed by atoms with E-state index in [-0.39, 0.29) is 0 Å². The smallest absolute Gasteiger partial charge is 0.195 e. The topological polar surface area (TPSA) is 28.4 Å². The lowest BCUT2D eigenvalue weighted by Gasteiger charge is -2.21. The number of nitrogens with one attached hydrogen (secondary N) is 1. The molecular weight excluding hydrogens is 176 g/mol.